The largest absolute Gasteiger partial charge is 0.427 e. The van der Waals surface area contributed by atoms with Crippen molar-refractivity contribution in [2.24, 2.45) is 0 Å². The van der Waals surface area contributed by atoms with Crippen LogP contribution in [-0.4, -0.2) is 28.8 Å². The molecule has 0 spiro atoms. The lowest BCUT2D eigenvalue weighted by Gasteiger charge is -2.38. The van der Waals surface area contributed by atoms with Crippen molar-refractivity contribution in [2.45, 2.75) is 51.7 Å². The summed E-state index contributed by atoms with van der Waals surface area (Å²) in [5.74, 6) is 0. The number of aryl methyl sites for hydroxylation is 1. The number of benzene rings is 3. The van der Waals surface area contributed by atoms with Crippen LogP contribution < -0.4 is 0 Å². The second kappa shape index (κ2) is 7.84. The fourth-order valence-corrected chi connectivity index (χ4v) is 4.98. The number of hydrogen-bond donors (Lipinski definition) is 1. The van der Waals surface area contributed by atoms with E-state index >= 15 is 0 Å². The van der Waals surface area contributed by atoms with E-state index in [1.807, 2.05) is 27.4 Å². The van der Waals surface area contributed by atoms with Crippen molar-refractivity contribution in [2.75, 3.05) is 0 Å². The quantitative estimate of drug-likeness (QED) is 0.356. The summed E-state index contributed by atoms with van der Waals surface area (Å²) in [6.45, 7) is 7.38. The van der Waals surface area contributed by atoms with Crippen LogP contribution in [0.3, 0.4) is 0 Å². The topological polar surface area (TPSA) is 42.4 Å². The summed E-state index contributed by atoms with van der Waals surface area (Å²) < 4.78 is 7.23. The molecule has 0 fully saturated rings. The van der Waals surface area contributed by atoms with Crippen LogP contribution in [0.15, 0.2) is 60.1 Å². The normalized spacial score (nSPS) is 14.5. The Balaban J connectivity index is 1.54. The monoisotopic (exact) mass is 440 g/mol. The van der Waals surface area contributed by atoms with Crippen LogP contribution in [0.1, 0.15) is 45.2 Å². The van der Waals surface area contributed by atoms with Gasteiger partial charge in [-0.3, -0.25) is 0 Å². The van der Waals surface area contributed by atoms with Crippen molar-refractivity contribution >= 4 is 45.9 Å². The highest BCUT2D eigenvalue weighted by molar-refractivity contribution is 7.21. The molecule has 0 saturated carbocycles. The number of thiazole rings is 1. The number of aromatic nitrogens is 1. The highest BCUT2D eigenvalue weighted by Gasteiger charge is 2.36. The third-order valence-corrected chi connectivity index (χ3v) is 7.76. The average molecular weight is 440 g/mol. The maximum absolute atomic E-state index is 10.4. The molecule has 0 atom stereocenters. The summed E-state index contributed by atoms with van der Waals surface area (Å²) in [5, 5.41) is 13.9. The van der Waals surface area contributed by atoms with Gasteiger partial charge in [-0.25, -0.2) is 4.98 Å². The van der Waals surface area contributed by atoms with Crippen LogP contribution in [-0.2, 0) is 11.1 Å². The number of fused-ring (bicyclic) bond motifs is 5. The van der Waals surface area contributed by atoms with Gasteiger partial charge in [0.05, 0.1) is 21.4 Å². The summed E-state index contributed by atoms with van der Waals surface area (Å²) in [7, 11) is 1.82. The lowest BCUT2D eigenvalue weighted by Crippen LogP contribution is -2.48. The van der Waals surface area contributed by atoms with Gasteiger partial charge in [-0.05, 0) is 63.1 Å². The molecular weight excluding hydrogens is 413 g/mol. The molecule has 0 aliphatic heterocycles. The molecule has 1 aliphatic rings. The van der Waals surface area contributed by atoms with E-state index in [-0.39, 0.29) is 0 Å². The minimum Gasteiger partial charge on any atom is -0.427 e. The third kappa shape index (κ3) is 3.79. The first-order valence-corrected chi connectivity index (χ1v) is 11.9. The lowest BCUT2D eigenvalue weighted by molar-refractivity contribution is -0.0897. The molecule has 1 heterocycles. The van der Waals surface area contributed by atoms with Crippen molar-refractivity contribution in [3.63, 3.8) is 0 Å². The Morgan fingerprint density at radius 1 is 0.969 bits per heavy atom. The number of aliphatic hydroxyl groups is 1. The SMILES string of the molecule is CC(C)(O)C(C)(C)O[B]C1=Cc2ccc3ccc4sc(-c5ccccc5)nc4c3c2CC1. The van der Waals surface area contributed by atoms with Crippen molar-refractivity contribution < 1.29 is 9.76 Å². The van der Waals surface area contributed by atoms with Crippen molar-refractivity contribution in [3.8, 4) is 10.6 Å². The molecule has 5 rings (SSSR count). The van der Waals surface area contributed by atoms with Gasteiger partial charge < -0.3 is 9.76 Å². The molecule has 161 valence electrons. The Morgan fingerprint density at radius 3 is 2.47 bits per heavy atom. The zero-order chi connectivity index (χ0) is 22.5. The van der Waals surface area contributed by atoms with E-state index in [2.05, 4.69) is 54.6 Å². The first-order chi connectivity index (χ1) is 15.2. The molecule has 1 N–H and O–H groups in total. The minimum absolute atomic E-state index is 0.669. The number of allylic oxidation sites excluding steroid dienone is 1. The summed E-state index contributed by atoms with van der Waals surface area (Å²) >= 11 is 1.75. The van der Waals surface area contributed by atoms with Gasteiger partial charge in [-0.15, -0.1) is 11.3 Å². The number of hydrogen-bond acceptors (Lipinski definition) is 4. The van der Waals surface area contributed by atoms with Crippen LogP contribution >= 0.6 is 11.3 Å². The molecule has 0 saturated heterocycles. The first kappa shape index (κ1) is 21.4. The smallest absolute Gasteiger partial charge is 0.326 e. The third-order valence-electron chi connectivity index (χ3n) is 6.69. The van der Waals surface area contributed by atoms with Crippen molar-refractivity contribution in [1.82, 2.24) is 4.98 Å². The van der Waals surface area contributed by atoms with E-state index in [1.165, 1.54) is 26.6 Å². The summed E-state index contributed by atoms with van der Waals surface area (Å²) in [6, 6.07) is 19.2. The molecule has 3 aromatic carbocycles. The van der Waals surface area contributed by atoms with Crippen molar-refractivity contribution in [1.29, 1.82) is 0 Å². The molecule has 0 amide bonds. The van der Waals surface area contributed by atoms with Gasteiger partial charge >= 0.3 is 7.48 Å². The van der Waals surface area contributed by atoms with Gasteiger partial charge in [-0.2, -0.15) is 0 Å². The average Bonchev–Trinajstić information content (AvgIpc) is 3.22. The second-order valence-corrected chi connectivity index (χ2v) is 10.6. The maximum Gasteiger partial charge on any atom is 0.326 e. The number of rotatable bonds is 5. The van der Waals surface area contributed by atoms with Gasteiger partial charge in [0.25, 0.3) is 0 Å². The fraction of sp³-hybridized carbons (Fsp3) is 0.296. The standard InChI is InChI=1S/C27H27BNO2S/c1-26(2,30)27(3,4)31-28-20-13-14-21-19(16-20)11-10-17-12-15-22-24(23(17)21)29-25(32-22)18-8-6-5-7-9-18/h5-12,15-16,30H,13-14H2,1-4H3. The Kier molecular flexibility index (Phi) is 5.24. The van der Waals surface area contributed by atoms with E-state index in [1.54, 1.807) is 25.2 Å². The molecule has 0 unspecified atom stereocenters. The van der Waals surface area contributed by atoms with Gasteiger partial charge in [-0.1, -0.05) is 60.1 Å². The number of nitrogens with zero attached hydrogens (tertiary/aromatic N) is 1. The van der Waals surface area contributed by atoms with Gasteiger partial charge in [0.2, 0.25) is 0 Å². The van der Waals surface area contributed by atoms with E-state index in [4.69, 9.17) is 9.64 Å². The van der Waals surface area contributed by atoms with E-state index in [0.29, 0.717) is 0 Å². The Labute approximate surface area is 194 Å². The summed E-state index contributed by atoms with van der Waals surface area (Å²) in [4.78, 5) is 5.07. The summed E-state index contributed by atoms with van der Waals surface area (Å²) in [6.07, 6.45) is 4.06. The van der Waals surface area contributed by atoms with Crippen LogP contribution in [0.5, 0.6) is 0 Å². The first-order valence-electron chi connectivity index (χ1n) is 11.1. The van der Waals surface area contributed by atoms with Crippen LogP contribution in [0.25, 0.3) is 37.6 Å². The molecule has 4 aromatic rings. The molecular formula is C27H27BNO2S. The molecule has 1 aliphatic carbocycles. The molecule has 32 heavy (non-hydrogen) atoms. The zero-order valence-electron chi connectivity index (χ0n) is 19.0. The Morgan fingerprint density at radius 2 is 1.72 bits per heavy atom. The molecule has 0 bridgehead atoms. The van der Waals surface area contributed by atoms with Gasteiger partial charge in [0.1, 0.15) is 5.01 Å². The molecule has 1 aromatic heterocycles. The van der Waals surface area contributed by atoms with Crippen molar-refractivity contribution in [3.05, 3.63) is 71.2 Å². The van der Waals surface area contributed by atoms with Crippen LogP contribution in [0, 0.1) is 0 Å². The molecule has 5 heteroatoms. The maximum atomic E-state index is 10.4. The summed E-state index contributed by atoms with van der Waals surface area (Å²) in [5.41, 5.74) is 4.39. The van der Waals surface area contributed by atoms with Gasteiger partial charge in [0, 0.05) is 10.9 Å². The van der Waals surface area contributed by atoms with E-state index < -0.39 is 11.2 Å². The van der Waals surface area contributed by atoms with E-state index in [0.717, 1.165) is 34.4 Å². The second-order valence-electron chi connectivity index (χ2n) is 9.55. The fourth-order valence-electron chi connectivity index (χ4n) is 4.00. The molecule has 1 radical (unpaired) electrons. The predicted molar refractivity (Wildman–Crippen MR) is 136 cm³/mol. The highest BCUT2D eigenvalue weighted by atomic mass is 32.1. The van der Waals surface area contributed by atoms with Crippen LogP contribution in [0.4, 0.5) is 0 Å². The van der Waals surface area contributed by atoms with Gasteiger partial charge in [0.15, 0.2) is 0 Å². The Bertz CT molecular complexity index is 1330. The van der Waals surface area contributed by atoms with E-state index in [9.17, 15) is 5.11 Å². The lowest BCUT2D eigenvalue weighted by atomic mass is 9.75. The Hall–Kier alpha value is -2.47. The minimum atomic E-state index is -0.931. The predicted octanol–water partition coefficient (Wildman–Crippen LogP) is 6.59. The van der Waals surface area contributed by atoms with Crippen LogP contribution in [0.2, 0.25) is 0 Å². The highest BCUT2D eigenvalue weighted by Crippen LogP contribution is 2.39. The molecule has 3 nitrogen and oxygen atoms in total. The zero-order valence-corrected chi connectivity index (χ0v) is 19.8.